The molecule has 126 valence electrons. The van der Waals surface area contributed by atoms with Crippen LogP contribution in [-0.2, 0) is 10.7 Å². The molecule has 0 aliphatic carbocycles. The molecule has 2 heterocycles. The molecule has 9 heteroatoms. The minimum atomic E-state index is -3.72. The Hall–Kier alpha value is -2.55. The van der Waals surface area contributed by atoms with E-state index in [-0.39, 0.29) is 11.7 Å². The van der Waals surface area contributed by atoms with E-state index in [1.807, 2.05) is 0 Å². The highest BCUT2D eigenvalue weighted by molar-refractivity contribution is 7.09. The van der Waals surface area contributed by atoms with E-state index >= 15 is 0 Å². The van der Waals surface area contributed by atoms with Crippen LogP contribution in [0.3, 0.4) is 0 Å². The first-order valence-corrected chi connectivity index (χ1v) is 8.03. The molecule has 3 amide bonds. The predicted octanol–water partition coefficient (Wildman–Crippen LogP) is 2.71. The standard InChI is InChI=1S/C15H14F2N4O2S/c1-9-2-3-10(21-6-4-19-14(21)23)8-11(9)20-12(22)15(16,17)13-18-5-7-24-13/h2-3,5,7-8H,4,6H2,1H3,(H,19,23)(H,20,22). The Bertz CT molecular complexity index is 780. The Morgan fingerprint density at radius 2 is 2.25 bits per heavy atom. The minimum absolute atomic E-state index is 0.230. The smallest absolute Gasteiger partial charge is 0.336 e. The summed E-state index contributed by atoms with van der Waals surface area (Å²) in [5, 5.41) is 5.72. The van der Waals surface area contributed by atoms with E-state index in [1.165, 1.54) is 22.5 Å². The zero-order valence-corrected chi connectivity index (χ0v) is 13.5. The highest BCUT2D eigenvalue weighted by atomic mass is 32.1. The number of anilines is 2. The third-order valence-corrected chi connectivity index (χ3v) is 4.47. The molecular formula is C15H14F2N4O2S. The topological polar surface area (TPSA) is 74.3 Å². The first-order chi connectivity index (χ1) is 11.4. The van der Waals surface area contributed by atoms with Crippen LogP contribution < -0.4 is 15.5 Å². The summed E-state index contributed by atoms with van der Waals surface area (Å²) in [4.78, 5) is 28.7. The minimum Gasteiger partial charge on any atom is -0.336 e. The lowest BCUT2D eigenvalue weighted by atomic mass is 10.1. The third kappa shape index (κ3) is 2.94. The molecule has 24 heavy (non-hydrogen) atoms. The fraction of sp³-hybridized carbons (Fsp3) is 0.267. The van der Waals surface area contributed by atoms with Crippen LogP contribution in [0.5, 0.6) is 0 Å². The zero-order chi connectivity index (χ0) is 17.3. The quantitative estimate of drug-likeness (QED) is 0.888. The molecule has 0 radical (unpaired) electrons. The fourth-order valence-electron chi connectivity index (χ4n) is 2.31. The van der Waals surface area contributed by atoms with Crippen molar-refractivity contribution in [3.8, 4) is 0 Å². The van der Waals surface area contributed by atoms with Gasteiger partial charge in [-0.25, -0.2) is 9.78 Å². The van der Waals surface area contributed by atoms with Crippen LogP contribution in [0, 0.1) is 6.92 Å². The molecule has 0 unspecified atom stereocenters. The lowest BCUT2D eigenvalue weighted by Gasteiger charge is -2.18. The molecule has 1 aliphatic heterocycles. The highest BCUT2D eigenvalue weighted by Crippen LogP contribution is 2.32. The number of rotatable bonds is 4. The van der Waals surface area contributed by atoms with Crippen LogP contribution in [0.25, 0.3) is 0 Å². The van der Waals surface area contributed by atoms with E-state index in [2.05, 4.69) is 15.6 Å². The SMILES string of the molecule is Cc1ccc(N2CCNC2=O)cc1NC(=O)C(F)(F)c1nccs1. The number of aromatic nitrogens is 1. The summed E-state index contributed by atoms with van der Waals surface area (Å²) in [5.41, 5.74) is 1.37. The molecule has 0 atom stereocenters. The average Bonchev–Trinajstić information content (AvgIpc) is 3.21. The number of alkyl halides is 2. The molecule has 2 N–H and O–H groups in total. The van der Waals surface area contributed by atoms with Crippen LogP contribution in [0.4, 0.5) is 25.0 Å². The Kier molecular flexibility index (Phi) is 4.18. The number of carbonyl (C=O) groups excluding carboxylic acids is 2. The highest BCUT2D eigenvalue weighted by Gasteiger charge is 2.43. The summed E-state index contributed by atoms with van der Waals surface area (Å²) in [6.07, 6.45) is 1.22. The number of urea groups is 1. The molecule has 1 aliphatic rings. The lowest BCUT2D eigenvalue weighted by molar-refractivity contribution is -0.140. The van der Waals surface area contributed by atoms with Crippen molar-refractivity contribution in [2.24, 2.45) is 0 Å². The molecule has 2 aromatic rings. The molecular weight excluding hydrogens is 338 g/mol. The van der Waals surface area contributed by atoms with Gasteiger partial charge in [-0.15, -0.1) is 11.3 Å². The van der Waals surface area contributed by atoms with Gasteiger partial charge >= 0.3 is 17.9 Å². The molecule has 0 saturated carbocycles. The van der Waals surface area contributed by atoms with Crippen LogP contribution >= 0.6 is 11.3 Å². The van der Waals surface area contributed by atoms with Crippen molar-refractivity contribution in [2.45, 2.75) is 12.8 Å². The van der Waals surface area contributed by atoms with Gasteiger partial charge in [0.1, 0.15) is 0 Å². The number of hydrogen-bond acceptors (Lipinski definition) is 4. The van der Waals surface area contributed by atoms with Crippen LogP contribution in [0.15, 0.2) is 29.8 Å². The molecule has 3 rings (SSSR count). The van der Waals surface area contributed by atoms with E-state index in [9.17, 15) is 18.4 Å². The Balaban J connectivity index is 1.84. The number of aryl methyl sites for hydroxylation is 1. The molecule has 6 nitrogen and oxygen atoms in total. The van der Waals surface area contributed by atoms with E-state index in [1.54, 1.807) is 19.1 Å². The zero-order valence-electron chi connectivity index (χ0n) is 12.7. The van der Waals surface area contributed by atoms with E-state index < -0.39 is 16.8 Å². The molecule has 1 aromatic heterocycles. The van der Waals surface area contributed by atoms with Crippen molar-refractivity contribution in [1.82, 2.24) is 10.3 Å². The normalized spacial score (nSPS) is 14.6. The summed E-state index contributed by atoms with van der Waals surface area (Å²) < 4.78 is 28.3. The van der Waals surface area contributed by atoms with Gasteiger partial charge in [0.15, 0.2) is 5.01 Å². The Labute approximate surface area is 140 Å². The average molecular weight is 352 g/mol. The largest absolute Gasteiger partial charge is 0.375 e. The summed E-state index contributed by atoms with van der Waals surface area (Å²) in [5.74, 6) is -5.18. The van der Waals surface area contributed by atoms with Gasteiger partial charge in [0.2, 0.25) is 0 Å². The summed E-state index contributed by atoms with van der Waals surface area (Å²) in [7, 11) is 0. The molecule has 1 saturated heterocycles. The van der Waals surface area contributed by atoms with Crippen LogP contribution in [-0.4, -0.2) is 30.0 Å². The van der Waals surface area contributed by atoms with Crippen LogP contribution in [0.1, 0.15) is 10.6 Å². The second-order valence-corrected chi connectivity index (χ2v) is 6.14. The van der Waals surface area contributed by atoms with Gasteiger partial charge in [-0.05, 0) is 24.6 Å². The van der Waals surface area contributed by atoms with E-state index in [4.69, 9.17) is 0 Å². The van der Waals surface area contributed by atoms with Gasteiger partial charge in [-0.2, -0.15) is 8.78 Å². The second-order valence-electron chi connectivity index (χ2n) is 5.25. The van der Waals surface area contributed by atoms with Crippen molar-refractivity contribution >= 4 is 34.6 Å². The maximum Gasteiger partial charge on any atom is 0.375 e. The fourth-order valence-corrected chi connectivity index (χ4v) is 2.92. The Morgan fingerprint density at radius 1 is 1.46 bits per heavy atom. The number of nitrogens with zero attached hydrogens (tertiary/aromatic N) is 2. The van der Waals surface area contributed by atoms with Crippen molar-refractivity contribution < 1.29 is 18.4 Å². The van der Waals surface area contributed by atoms with Gasteiger partial charge in [0.05, 0.1) is 0 Å². The number of nitrogens with one attached hydrogen (secondary N) is 2. The first kappa shape index (κ1) is 16.3. The van der Waals surface area contributed by atoms with E-state index in [0.29, 0.717) is 35.7 Å². The Morgan fingerprint density at radius 3 is 2.88 bits per heavy atom. The van der Waals surface area contributed by atoms with Gasteiger partial charge < -0.3 is 10.6 Å². The molecule has 0 bridgehead atoms. The van der Waals surface area contributed by atoms with E-state index in [0.717, 1.165) is 0 Å². The third-order valence-electron chi connectivity index (χ3n) is 3.62. The number of hydrogen-bond donors (Lipinski definition) is 2. The van der Waals surface area contributed by atoms with Crippen molar-refractivity contribution in [1.29, 1.82) is 0 Å². The summed E-state index contributed by atoms with van der Waals surface area (Å²) in [6, 6.07) is 4.62. The monoisotopic (exact) mass is 352 g/mol. The maximum absolute atomic E-state index is 14.1. The van der Waals surface area contributed by atoms with Gasteiger partial charge in [-0.1, -0.05) is 6.07 Å². The van der Waals surface area contributed by atoms with Crippen molar-refractivity contribution in [3.05, 3.63) is 40.3 Å². The van der Waals surface area contributed by atoms with Gasteiger partial charge in [0.25, 0.3) is 0 Å². The predicted molar refractivity (Wildman–Crippen MR) is 86.6 cm³/mol. The molecule has 1 fully saturated rings. The maximum atomic E-state index is 14.1. The molecule has 1 aromatic carbocycles. The summed E-state index contributed by atoms with van der Waals surface area (Å²) in [6.45, 7) is 2.67. The number of thiazole rings is 1. The lowest BCUT2D eigenvalue weighted by Crippen LogP contribution is -2.32. The number of amides is 3. The van der Waals surface area contributed by atoms with Crippen molar-refractivity contribution in [3.63, 3.8) is 0 Å². The van der Waals surface area contributed by atoms with Gasteiger partial charge in [-0.3, -0.25) is 9.69 Å². The number of halogens is 2. The van der Waals surface area contributed by atoms with Crippen molar-refractivity contribution in [2.75, 3.05) is 23.3 Å². The number of benzene rings is 1. The van der Waals surface area contributed by atoms with Gasteiger partial charge in [0, 0.05) is 36.0 Å². The second kappa shape index (κ2) is 6.16. The summed E-state index contributed by atoms with van der Waals surface area (Å²) >= 11 is 0.714. The number of carbonyl (C=O) groups is 2. The molecule has 0 spiro atoms. The van der Waals surface area contributed by atoms with Crippen LogP contribution in [0.2, 0.25) is 0 Å². The first-order valence-electron chi connectivity index (χ1n) is 7.15.